The molecular weight excluding hydrogens is 522 g/mol. The lowest BCUT2D eigenvalue weighted by molar-refractivity contribution is -0.140. The van der Waals surface area contributed by atoms with E-state index in [1.54, 1.807) is 35.2 Å². The number of thioether (sulfide) groups is 1. The van der Waals surface area contributed by atoms with Crippen LogP contribution in [0.4, 0.5) is 0 Å². The van der Waals surface area contributed by atoms with Crippen LogP contribution in [-0.2, 0) is 21.9 Å². The van der Waals surface area contributed by atoms with Gasteiger partial charge in [-0.2, -0.15) is 0 Å². The van der Waals surface area contributed by atoms with Crippen LogP contribution < -0.4 is 5.32 Å². The predicted molar refractivity (Wildman–Crippen MR) is 142 cm³/mol. The van der Waals surface area contributed by atoms with Gasteiger partial charge in [0.2, 0.25) is 11.8 Å². The zero-order chi connectivity index (χ0) is 24.8. The molecule has 2 aromatic carbocycles. The van der Waals surface area contributed by atoms with Crippen molar-refractivity contribution in [1.29, 1.82) is 0 Å². The number of nitrogens with zero attached hydrogens (tertiary/aromatic N) is 1. The second-order valence-corrected chi connectivity index (χ2v) is 11.3. The molecule has 0 fully saturated rings. The lowest BCUT2D eigenvalue weighted by Crippen LogP contribution is -2.53. The Bertz CT molecular complexity index is 995. The van der Waals surface area contributed by atoms with Crippen molar-refractivity contribution in [3.05, 3.63) is 67.6 Å². The topological polar surface area (TPSA) is 49.4 Å². The van der Waals surface area contributed by atoms with Gasteiger partial charge in [-0.15, -0.1) is 11.8 Å². The van der Waals surface area contributed by atoms with Crippen molar-refractivity contribution < 1.29 is 9.59 Å². The molecule has 0 aromatic heterocycles. The minimum Gasteiger partial charge on any atom is -0.350 e. The molecule has 0 heterocycles. The summed E-state index contributed by atoms with van der Waals surface area (Å²) in [4.78, 5) is 27.9. The first-order valence-electron chi connectivity index (χ1n) is 10.5. The zero-order valence-corrected chi connectivity index (χ0v) is 22.9. The number of rotatable bonds is 9. The van der Waals surface area contributed by atoms with Crippen LogP contribution in [0.3, 0.4) is 0 Å². The number of nitrogens with one attached hydrogen (secondary N) is 1. The number of halogens is 4. The highest BCUT2D eigenvalue weighted by molar-refractivity contribution is 7.99. The van der Waals surface area contributed by atoms with Gasteiger partial charge in [-0.25, -0.2) is 0 Å². The van der Waals surface area contributed by atoms with Gasteiger partial charge in [-0.05, 0) is 62.6 Å². The summed E-state index contributed by atoms with van der Waals surface area (Å²) in [6.45, 7) is 7.82. The van der Waals surface area contributed by atoms with Crippen molar-refractivity contribution in [3.8, 4) is 0 Å². The minimum atomic E-state index is -0.631. The van der Waals surface area contributed by atoms with E-state index >= 15 is 0 Å². The largest absolute Gasteiger partial charge is 0.350 e. The van der Waals surface area contributed by atoms with Gasteiger partial charge in [0.15, 0.2) is 0 Å². The summed E-state index contributed by atoms with van der Waals surface area (Å²) in [5, 5.41) is 4.92. The fraction of sp³-hybridized carbons (Fsp3) is 0.417. The first-order valence-corrected chi connectivity index (χ1v) is 13.1. The average molecular weight is 550 g/mol. The Morgan fingerprint density at radius 1 is 1.00 bits per heavy atom. The van der Waals surface area contributed by atoms with Gasteiger partial charge in [-0.3, -0.25) is 9.59 Å². The van der Waals surface area contributed by atoms with Crippen LogP contribution in [0.1, 0.15) is 45.2 Å². The van der Waals surface area contributed by atoms with E-state index < -0.39 is 11.6 Å². The Morgan fingerprint density at radius 2 is 1.70 bits per heavy atom. The monoisotopic (exact) mass is 548 g/mol. The molecule has 2 aromatic rings. The molecule has 0 bridgehead atoms. The lowest BCUT2D eigenvalue weighted by Gasteiger charge is -2.33. The molecule has 2 rings (SSSR count). The molecule has 0 saturated heterocycles. The highest BCUT2D eigenvalue weighted by Crippen LogP contribution is 2.26. The van der Waals surface area contributed by atoms with Gasteiger partial charge >= 0.3 is 0 Å². The highest BCUT2D eigenvalue weighted by Gasteiger charge is 2.31. The Labute approximate surface area is 220 Å². The number of amides is 2. The molecule has 4 nitrogen and oxygen atoms in total. The maximum absolute atomic E-state index is 13.3. The van der Waals surface area contributed by atoms with Gasteiger partial charge in [0.05, 0.1) is 15.8 Å². The summed E-state index contributed by atoms with van der Waals surface area (Å²) >= 11 is 25.9. The molecule has 0 spiro atoms. The standard InChI is InChI=1S/C24H28Cl4N2O2S/c1-5-21(23(32)29-24(2,3)4)30(12-16-7-8-17(25)11-19(16)27)22(31)14-33-13-15-6-9-18(26)20(28)10-15/h6-11,21H,5,12-14H2,1-4H3,(H,29,32). The minimum absolute atomic E-state index is 0.151. The van der Waals surface area contributed by atoms with Gasteiger partial charge in [-0.1, -0.05) is 65.5 Å². The summed E-state index contributed by atoms with van der Waals surface area (Å²) in [5.74, 6) is 0.438. The van der Waals surface area contributed by atoms with E-state index in [9.17, 15) is 9.59 Å². The number of hydrogen-bond donors (Lipinski definition) is 1. The lowest BCUT2D eigenvalue weighted by atomic mass is 10.1. The van der Waals surface area contributed by atoms with Crippen molar-refractivity contribution in [1.82, 2.24) is 10.2 Å². The Morgan fingerprint density at radius 3 is 2.27 bits per heavy atom. The zero-order valence-electron chi connectivity index (χ0n) is 19.1. The van der Waals surface area contributed by atoms with E-state index in [4.69, 9.17) is 46.4 Å². The molecule has 0 radical (unpaired) electrons. The van der Waals surface area contributed by atoms with Crippen molar-refractivity contribution in [2.45, 2.75) is 58.0 Å². The SMILES string of the molecule is CCC(C(=O)NC(C)(C)C)N(Cc1ccc(Cl)cc1Cl)C(=O)CSCc1ccc(Cl)c(Cl)c1. The van der Waals surface area contributed by atoms with Crippen molar-refractivity contribution in [2.75, 3.05) is 5.75 Å². The van der Waals surface area contributed by atoms with Crippen molar-refractivity contribution >= 4 is 70.0 Å². The van der Waals surface area contributed by atoms with Crippen LogP contribution in [0, 0.1) is 0 Å². The van der Waals surface area contributed by atoms with Gasteiger partial charge in [0, 0.05) is 27.9 Å². The fourth-order valence-electron chi connectivity index (χ4n) is 3.17. The summed E-state index contributed by atoms with van der Waals surface area (Å²) in [6.07, 6.45) is 0.469. The van der Waals surface area contributed by atoms with Crippen LogP contribution in [0.25, 0.3) is 0 Å². The second-order valence-electron chi connectivity index (χ2n) is 8.66. The Hall–Kier alpha value is -1.11. The summed E-state index contributed by atoms with van der Waals surface area (Å²) < 4.78 is 0. The molecule has 0 aliphatic rings. The molecule has 1 unspecified atom stereocenters. The number of carbonyl (C=O) groups excluding carboxylic acids is 2. The van der Waals surface area contributed by atoms with E-state index in [2.05, 4.69) is 5.32 Å². The second kappa shape index (κ2) is 12.6. The van der Waals surface area contributed by atoms with Crippen LogP contribution in [0.5, 0.6) is 0 Å². The molecule has 0 saturated carbocycles. The first kappa shape index (κ1) is 28.1. The predicted octanol–water partition coefficient (Wildman–Crippen LogP) is 7.26. The van der Waals surface area contributed by atoms with E-state index in [1.165, 1.54) is 11.8 Å². The van der Waals surface area contributed by atoms with E-state index in [-0.39, 0.29) is 24.1 Å². The van der Waals surface area contributed by atoms with Crippen LogP contribution >= 0.6 is 58.2 Å². The van der Waals surface area contributed by atoms with Crippen molar-refractivity contribution in [2.24, 2.45) is 0 Å². The fourth-order valence-corrected chi connectivity index (χ4v) is 4.82. The van der Waals surface area contributed by atoms with E-state index in [0.29, 0.717) is 32.3 Å². The molecule has 9 heteroatoms. The average Bonchev–Trinajstić information content (AvgIpc) is 2.70. The van der Waals surface area contributed by atoms with Gasteiger partial charge in [0.25, 0.3) is 0 Å². The summed E-state index contributed by atoms with van der Waals surface area (Å²) in [5.41, 5.74) is 1.28. The molecule has 0 aliphatic heterocycles. The molecule has 0 aliphatic carbocycles. The molecule has 2 amide bonds. The summed E-state index contributed by atoms with van der Waals surface area (Å²) in [7, 11) is 0. The molecule has 33 heavy (non-hydrogen) atoms. The van der Waals surface area contributed by atoms with Gasteiger partial charge in [0.1, 0.15) is 6.04 Å². The highest BCUT2D eigenvalue weighted by atomic mass is 35.5. The number of carbonyl (C=O) groups is 2. The number of hydrogen-bond acceptors (Lipinski definition) is 3. The third-order valence-corrected chi connectivity index (χ3v) is 7.03. The molecule has 180 valence electrons. The maximum atomic E-state index is 13.3. The first-order chi connectivity index (χ1) is 15.4. The van der Waals surface area contributed by atoms with Crippen LogP contribution in [0.15, 0.2) is 36.4 Å². The third kappa shape index (κ3) is 8.88. The quantitative estimate of drug-likeness (QED) is 0.358. The van der Waals surface area contributed by atoms with Gasteiger partial charge < -0.3 is 10.2 Å². The Kier molecular flexibility index (Phi) is 10.7. The normalized spacial score (nSPS) is 12.4. The van der Waals surface area contributed by atoms with Crippen LogP contribution in [-0.4, -0.2) is 34.0 Å². The summed E-state index contributed by atoms with van der Waals surface area (Å²) in [6, 6.07) is 9.91. The number of benzene rings is 2. The van der Waals surface area contributed by atoms with E-state index in [1.807, 2.05) is 33.8 Å². The molecule has 1 atom stereocenters. The van der Waals surface area contributed by atoms with E-state index in [0.717, 1.165) is 11.1 Å². The maximum Gasteiger partial charge on any atom is 0.243 e. The molecular formula is C24H28Cl4N2O2S. The van der Waals surface area contributed by atoms with Crippen LogP contribution in [0.2, 0.25) is 20.1 Å². The molecule has 1 N–H and O–H groups in total. The third-order valence-electron chi connectivity index (χ3n) is 4.72. The van der Waals surface area contributed by atoms with Crippen molar-refractivity contribution in [3.63, 3.8) is 0 Å². The Balaban J connectivity index is 2.20. The smallest absolute Gasteiger partial charge is 0.243 e.